The highest BCUT2D eigenvalue weighted by molar-refractivity contribution is 5.91. The number of aromatic nitrogens is 1. The minimum Gasteiger partial charge on any atom is -0.351 e. The van der Waals surface area contributed by atoms with Crippen LogP contribution in [0.15, 0.2) is 16.8 Å². The van der Waals surface area contributed by atoms with E-state index in [2.05, 4.69) is 5.16 Å². The van der Waals surface area contributed by atoms with Gasteiger partial charge in [-0.05, 0) is 19.3 Å². The van der Waals surface area contributed by atoms with Crippen LogP contribution in [0.25, 0.3) is 0 Å². The molecule has 0 bridgehead atoms. The molecule has 1 aromatic rings. The number of rotatable bonds is 1. The van der Waals surface area contributed by atoms with E-state index in [4.69, 9.17) is 4.52 Å². The smallest absolute Gasteiger partial charge is 0.292 e. The molecule has 1 fully saturated rings. The summed E-state index contributed by atoms with van der Waals surface area (Å²) in [5.41, 5.74) is 0. The Morgan fingerprint density at radius 2 is 2.15 bits per heavy atom. The standard InChI is InChI=1S/C9H12N2O2/c12-9(8-4-5-10-13-8)11-6-2-1-3-7-11/h4-5H,1-3,6-7H2. The van der Waals surface area contributed by atoms with Crippen molar-refractivity contribution in [3.8, 4) is 0 Å². The fourth-order valence-electron chi connectivity index (χ4n) is 1.58. The molecule has 0 radical (unpaired) electrons. The SMILES string of the molecule is O=C(c1ccno1)N1CCCCC1. The Hall–Kier alpha value is -1.32. The number of piperidine rings is 1. The van der Waals surface area contributed by atoms with Crippen molar-refractivity contribution in [1.82, 2.24) is 10.1 Å². The molecule has 1 saturated heterocycles. The summed E-state index contributed by atoms with van der Waals surface area (Å²) in [5.74, 6) is 0.319. The minimum atomic E-state index is -0.0304. The average molecular weight is 180 g/mol. The van der Waals surface area contributed by atoms with E-state index in [-0.39, 0.29) is 5.91 Å². The summed E-state index contributed by atoms with van der Waals surface area (Å²) in [7, 11) is 0. The summed E-state index contributed by atoms with van der Waals surface area (Å²) in [6.07, 6.45) is 4.91. The van der Waals surface area contributed by atoms with Crippen molar-refractivity contribution in [2.45, 2.75) is 19.3 Å². The van der Waals surface area contributed by atoms with Crippen molar-refractivity contribution in [2.75, 3.05) is 13.1 Å². The molecule has 1 aromatic heterocycles. The first-order valence-corrected chi connectivity index (χ1v) is 4.58. The molecule has 13 heavy (non-hydrogen) atoms. The maximum Gasteiger partial charge on any atom is 0.292 e. The highest BCUT2D eigenvalue weighted by Crippen LogP contribution is 2.12. The van der Waals surface area contributed by atoms with Crippen LogP contribution >= 0.6 is 0 Å². The van der Waals surface area contributed by atoms with Gasteiger partial charge in [-0.1, -0.05) is 5.16 Å². The Morgan fingerprint density at radius 3 is 2.77 bits per heavy atom. The second-order valence-electron chi connectivity index (χ2n) is 3.23. The van der Waals surface area contributed by atoms with Crippen LogP contribution in [0.5, 0.6) is 0 Å². The highest BCUT2D eigenvalue weighted by Gasteiger charge is 2.20. The number of hydrogen-bond acceptors (Lipinski definition) is 3. The van der Waals surface area contributed by atoms with Gasteiger partial charge in [0.25, 0.3) is 5.91 Å². The first-order chi connectivity index (χ1) is 6.38. The fraction of sp³-hybridized carbons (Fsp3) is 0.556. The Kier molecular flexibility index (Phi) is 2.29. The molecule has 1 aliphatic rings. The van der Waals surface area contributed by atoms with E-state index >= 15 is 0 Å². The molecule has 0 spiro atoms. The van der Waals surface area contributed by atoms with Crippen LogP contribution in [-0.2, 0) is 0 Å². The van der Waals surface area contributed by atoms with Crippen molar-refractivity contribution < 1.29 is 9.32 Å². The van der Waals surface area contributed by atoms with E-state index in [0.717, 1.165) is 25.9 Å². The van der Waals surface area contributed by atoms with Gasteiger partial charge in [-0.25, -0.2) is 0 Å². The number of carbonyl (C=O) groups is 1. The normalized spacial score (nSPS) is 17.4. The van der Waals surface area contributed by atoms with Crippen molar-refractivity contribution in [3.05, 3.63) is 18.0 Å². The lowest BCUT2D eigenvalue weighted by Crippen LogP contribution is -2.35. The quantitative estimate of drug-likeness (QED) is 0.654. The summed E-state index contributed by atoms with van der Waals surface area (Å²) in [5, 5.41) is 3.52. The summed E-state index contributed by atoms with van der Waals surface area (Å²) in [4.78, 5) is 13.5. The zero-order chi connectivity index (χ0) is 9.10. The molecular weight excluding hydrogens is 168 g/mol. The van der Waals surface area contributed by atoms with Crippen LogP contribution in [0, 0.1) is 0 Å². The third-order valence-corrected chi connectivity index (χ3v) is 2.29. The third-order valence-electron chi connectivity index (χ3n) is 2.29. The van der Waals surface area contributed by atoms with E-state index in [9.17, 15) is 4.79 Å². The van der Waals surface area contributed by atoms with Gasteiger partial charge in [0.2, 0.25) is 5.76 Å². The largest absolute Gasteiger partial charge is 0.351 e. The van der Waals surface area contributed by atoms with Crippen molar-refractivity contribution in [3.63, 3.8) is 0 Å². The van der Waals surface area contributed by atoms with Gasteiger partial charge in [-0.2, -0.15) is 0 Å². The van der Waals surface area contributed by atoms with Crippen LogP contribution in [-0.4, -0.2) is 29.1 Å². The zero-order valence-corrected chi connectivity index (χ0v) is 7.40. The maximum atomic E-state index is 11.7. The summed E-state index contributed by atoms with van der Waals surface area (Å²) in [6.45, 7) is 1.69. The topological polar surface area (TPSA) is 46.3 Å². The van der Waals surface area contributed by atoms with Crippen LogP contribution < -0.4 is 0 Å². The van der Waals surface area contributed by atoms with Crippen molar-refractivity contribution >= 4 is 5.91 Å². The molecule has 0 aromatic carbocycles. The van der Waals surface area contributed by atoms with Crippen LogP contribution in [0.1, 0.15) is 29.8 Å². The molecule has 0 aliphatic carbocycles. The van der Waals surface area contributed by atoms with E-state index < -0.39 is 0 Å². The number of carbonyl (C=O) groups excluding carboxylic acids is 1. The molecule has 0 N–H and O–H groups in total. The van der Waals surface area contributed by atoms with E-state index in [1.165, 1.54) is 12.6 Å². The monoisotopic (exact) mass is 180 g/mol. The first kappa shape index (κ1) is 8.29. The lowest BCUT2D eigenvalue weighted by atomic mass is 10.1. The first-order valence-electron chi connectivity index (χ1n) is 4.58. The van der Waals surface area contributed by atoms with Gasteiger partial charge < -0.3 is 9.42 Å². The summed E-state index contributed by atoms with van der Waals surface area (Å²) >= 11 is 0. The summed E-state index contributed by atoms with van der Waals surface area (Å²) in [6, 6.07) is 1.61. The minimum absolute atomic E-state index is 0.0304. The van der Waals surface area contributed by atoms with Crippen molar-refractivity contribution in [2.24, 2.45) is 0 Å². The fourth-order valence-corrected chi connectivity index (χ4v) is 1.58. The Morgan fingerprint density at radius 1 is 1.38 bits per heavy atom. The Balaban J connectivity index is 2.04. The third kappa shape index (κ3) is 1.71. The number of amides is 1. The lowest BCUT2D eigenvalue weighted by Gasteiger charge is -2.25. The van der Waals surface area contributed by atoms with E-state index in [1.54, 1.807) is 6.07 Å². The molecule has 70 valence electrons. The average Bonchev–Trinajstić information content (AvgIpc) is 2.71. The van der Waals surface area contributed by atoms with Gasteiger partial charge in [0.1, 0.15) is 0 Å². The highest BCUT2D eigenvalue weighted by atomic mass is 16.5. The van der Waals surface area contributed by atoms with Gasteiger partial charge in [-0.15, -0.1) is 0 Å². The second kappa shape index (κ2) is 3.60. The number of likely N-dealkylation sites (tertiary alicyclic amines) is 1. The van der Waals surface area contributed by atoms with E-state index in [1.807, 2.05) is 4.90 Å². The maximum absolute atomic E-state index is 11.7. The Labute approximate surface area is 76.5 Å². The molecule has 1 aliphatic heterocycles. The van der Waals surface area contributed by atoms with Crippen molar-refractivity contribution in [1.29, 1.82) is 0 Å². The summed E-state index contributed by atoms with van der Waals surface area (Å²) < 4.78 is 4.81. The van der Waals surface area contributed by atoms with Crippen LogP contribution in [0.2, 0.25) is 0 Å². The lowest BCUT2D eigenvalue weighted by molar-refractivity contribution is 0.0682. The molecule has 1 amide bonds. The molecule has 4 heteroatoms. The number of hydrogen-bond donors (Lipinski definition) is 0. The van der Waals surface area contributed by atoms with Gasteiger partial charge in [0.15, 0.2) is 0 Å². The predicted octanol–water partition coefficient (Wildman–Crippen LogP) is 1.30. The molecule has 4 nitrogen and oxygen atoms in total. The zero-order valence-electron chi connectivity index (χ0n) is 7.40. The predicted molar refractivity (Wildman–Crippen MR) is 46.3 cm³/mol. The van der Waals surface area contributed by atoms with Gasteiger partial charge >= 0.3 is 0 Å². The molecule has 0 saturated carbocycles. The molecular formula is C9H12N2O2. The second-order valence-corrected chi connectivity index (χ2v) is 3.23. The van der Waals surface area contributed by atoms with Crippen LogP contribution in [0.4, 0.5) is 0 Å². The molecule has 0 atom stereocenters. The van der Waals surface area contributed by atoms with Gasteiger partial charge in [0, 0.05) is 19.2 Å². The molecule has 0 unspecified atom stereocenters. The van der Waals surface area contributed by atoms with Gasteiger partial charge in [-0.3, -0.25) is 4.79 Å². The number of nitrogens with zero attached hydrogens (tertiary/aromatic N) is 2. The molecule has 2 rings (SSSR count). The van der Waals surface area contributed by atoms with Gasteiger partial charge in [0.05, 0.1) is 6.20 Å². The van der Waals surface area contributed by atoms with Crippen LogP contribution in [0.3, 0.4) is 0 Å². The molecule has 2 heterocycles. The van der Waals surface area contributed by atoms with E-state index in [0.29, 0.717) is 5.76 Å². The Bertz CT molecular complexity index is 276.